The second-order valence-corrected chi connectivity index (χ2v) is 4.97. The minimum atomic E-state index is -0.335. The first kappa shape index (κ1) is 16.4. The van der Waals surface area contributed by atoms with Crippen molar-refractivity contribution >= 4 is 5.91 Å². The van der Waals surface area contributed by atoms with Gasteiger partial charge < -0.3 is 16.0 Å². The molecule has 0 bridgehead atoms. The third kappa shape index (κ3) is 8.16. The molecule has 0 saturated carbocycles. The molecule has 4 nitrogen and oxygen atoms in total. The summed E-state index contributed by atoms with van der Waals surface area (Å²) < 4.78 is 0. The van der Waals surface area contributed by atoms with Crippen molar-refractivity contribution in [2.75, 3.05) is 20.1 Å². The number of carbonyl (C=O) groups excluding carboxylic acids is 1. The number of nitrogens with zero attached hydrogens (tertiary/aromatic N) is 1. The van der Waals surface area contributed by atoms with Crippen LogP contribution in [0.3, 0.4) is 0 Å². The van der Waals surface area contributed by atoms with E-state index in [-0.39, 0.29) is 11.9 Å². The summed E-state index contributed by atoms with van der Waals surface area (Å²) in [7, 11) is 2.13. The lowest BCUT2D eigenvalue weighted by molar-refractivity contribution is -0.122. The van der Waals surface area contributed by atoms with Crippen LogP contribution in [0.1, 0.15) is 46.5 Å². The smallest absolute Gasteiger partial charge is 0.236 e. The fourth-order valence-corrected chi connectivity index (χ4v) is 1.53. The van der Waals surface area contributed by atoms with Gasteiger partial charge in [0.15, 0.2) is 0 Å². The Morgan fingerprint density at radius 3 is 2.53 bits per heavy atom. The van der Waals surface area contributed by atoms with Crippen LogP contribution in [-0.4, -0.2) is 43.0 Å². The molecular weight excluding hydrogens is 214 g/mol. The molecule has 102 valence electrons. The third-order valence-electron chi connectivity index (χ3n) is 3.05. The molecule has 0 rings (SSSR count). The van der Waals surface area contributed by atoms with E-state index in [1.54, 1.807) is 0 Å². The molecule has 0 aromatic heterocycles. The molecule has 4 heteroatoms. The zero-order valence-corrected chi connectivity index (χ0v) is 11.8. The van der Waals surface area contributed by atoms with Crippen LogP contribution in [0.4, 0.5) is 0 Å². The molecule has 0 spiro atoms. The average Bonchev–Trinajstić information content (AvgIpc) is 2.28. The van der Waals surface area contributed by atoms with Crippen molar-refractivity contribution < 1.29 is 4.79 Å². The summed E-state index contributed by atoms with van der Waals surface area (Å²) in [6, 6.07) is 0.251. The standard InChI is InChI=1S/C13H29N3O/c1-5-8-12(14)13(17)15-9-6-7-10-16(4)11(2)3/h11-12H,5-10,14H2,1-4H3,(H,15,17). The fourth-order valence-electron chi connectivity index (χ4n) is 1.53. The maximum Gasteiger partial charge on any atom is 0.236 e. The van der Waals surface area contributed by atoms with Crippen molar-refractivity contribution in [1.82, 2.24) is 10.2 Å². The first-order valence-corrected chi connectivity index (χ1v) is 6.72. The molecule has 17 heavy (non-hydrogen) atoms. The molecule has 0 aliphatic carbocycles. The number of rotatable bonds is 9. The monoisotopic (exact) mass is 243 g/mol. The summed E-state index contributed by atoms with van der Waals surface area (Å²) >= 11 is 0. The van der Waals surface area contributed by atoms with Gasteiger partial charge in [0.05, 0.1) is 6.04 Å². The molecule has 1 amide bonds. The quantitative estimate of drug-likeness (QED) is 0.601. The van der Waals surface area contributed by atoms with Gasteiger partial charge in [-0.15, -0.1) is 0 Å². The molecule has 0 aliphatic heterocycles. The highest BCUT2D eigenvalue weighted by Gasteiger charge is 2.10. The predicted octanol–water partition coefficient (Wildman–Crippen LogP) is 1.35. The van der Waals surface area contributed by atoms with Crippen molar-refractivity contribution in [3.8, 4) is 0 Å². The van der Waals surface area contributed by atoms with Gasteiger partial charge in [-0.3, -0.25) is 4.79 Å². The van der Waals surface area contributed by atoms with Crippen molar-refractivity contribution in [1.29, 1.82) is 0 Å². The van der Waals surface area contributed by atoms with E-state index in [0.29, 0.717) is 6.04 Å². The summed E-state index contributed by atoms with van der Waals surface area (Å²) in [6.45, 7) is 8.22. The molecule has 0 saturated heterocycles. The van der Waals surface area contributed by atoms with Crippen LogP contribution < -0.4 is 11.1 Å². The first-order valence-electron chi connectivity index (χ1n) is 6.72. The van der Waals surface area contributed by atoms with E-state index in [9.17, 15) is 4.79 Å². The Hall–Kier alpha value is -0.610. The van der Waals surface area contributed by atoms with E-state index in [1.165, 1.54) is 0 Å². The van der Waals surface area contributed by atoms with Crippen LogP contribution in [0.2, 0.25) is 0 Å². The van der Waals surface area contributed by atoms with E-state index in [2.05, 4.69) is 31.1 Å². The van der Waals surface area contributed by atoms with Crippen LogP contribution in [0.25, 0.3) is 0 Å². The van der Waals surface area contributed by atoms with Crippen LogP contribution in [0.15, 0.2) is 0 Å². The van der Waals surface area contributed by atoms with Gasteiger partial charge in [-0.25, -0.2) is 0 Å². The molecular formula is C13H29N3O. The van der Waals surface area contributed by atoms with Crippen molar-refractivity contribution in [2.45, 2.75) is 58.5 Å². The molecule has 0 fully saturated rings. The minimum absolute atomic E-state index is 0.0101. The number of carbonyl (C=O) groups is 1. The molecule has 1 unspecified atom stereocenters. The summed E-state index contributed by atoms with van der Waals surface area (Å²) in [6.07, 6.45) is 3.84. The number of nitrogens with one attached hydrogen (secondary N) is 1. The maximum absolute atomic E-state index is 11.5. The van der Waals surface area contributed by atoms with Gasteiger partial charge in [0, 0.05) is 12.6 Å². The molecule has 3 N–H and O–H groups in total. The minimum Gasteiger partial charge on any atom is -0.355 e. The highest BCUT2D eigenvalue weighted by Crippen LogP contribution is 1.98. The Labute approximate surface area is 106 Å². The Morgan fingerprint density at radius 2 is 2.00 bits per heavy atom. The second-order valence-electron chi connectivity index (χ2n) is 4.97. The van der Waals surface area contributed by atoms with Gasteiger partial charge in [-0.1, -0.05) is 13.3 Å². The van der Waals surface area contributed by atoms with Gasteiger partial charge >= 0.3 is 0 Å². The SMILES string of the molecule is CCCC(N)C(=O)NCCCCN(C)C(C)C. The first-order chi connectivity index (χ1) is 7.99. The summed E-state index contributed by atoms with van der Waals surface area (Å²) in [5, 5.41) is 2.89. The number of unbranched alkanes of at least 4 members (excludes halogenated alkanes) is 1. The Kier molecular flexibility index (Phi) is 9.09. The zero-order chi connectivity index (χ0) is 13.3. The molecule has 0 aromatic carbocycles. The van der Waals surface area contributed by atoms with Crippen LogP contribution in [-0.2, 0) is 4.79 Å². The van der Waals surface area contributed by atoms with E-state index in [1.807, 2.05) is 6.92 Å². The summed E-state index contributed by atoms with van der Waals surface area (Å²) in [5.41, 5.74) is 5.71. The highest BCUT2D eigenvalue weighted by molar-refractivity contribution is 5.81. The number of hydrogen-bond acceptors (Lipinski definition) is 3. The van der Waals surface area contributed by atoms with Crippen LogP contribution in [0.5, 0.6) is 0 Å². The van der Waals surface area contributed by atoms with E-state index >= 15 is 0 Å². The lowest BCUT2D eigenvalue weighted by atomic mass is 10.1. The summed E-state index contributed by atoms with van der Waals surface area (Å²) in [4.78, 5) is 13.8. The van der Waals surface area contributed by atoms with E-state index < -0.39 is 0 Å². The van der Waals surface area contributed by atoms with Crippen molar-refractivity contribution in [3.05, 3.63) is 0 Å². The third-order valence-corrected chi connectivity index (χ3v) is 3.05. The van der Waals surface area contributed by atoms with Gasteiger partial charge in [-0.05, 0) is 46.7 Å². The number of amides is 1. The largest absolute Gasteiger partial charge is 0.355 e. The maximum atomic E-state index is 11.5. The lowest BCUT2D eigenvalue weighted by Gasteiger charge is -2.20. The number of nitrogens with two attached hydrogens (primary N) is 1. The topological polar surface area (TPSA) is 58.4 Å². The Bertz CT molecular complexity index is 207. The van der Waals surface area contributed by atoms with Gasteiger partial charge in [0.1, 0.15) is 0 Å². The summed E-state index contributed by atoms with van der Waals surface area (Å²) in [5.74, 6) is -0.0101. The fraction of sp³-hybridized carbons (Fsp3) is 0.923. The Morgan fingerprint density at radius 1 is 1.35 bits per heavy atom. The number of hydrogen-bond donors (Lipinski definition) is 2. The van der Waals surface area contributed by atoms with E-state index in [0.717, 1.165) is 38.8 Å². The van der Waals surface area contributed by atoms with E-state index in [4.69, 9.17) is 5.73 Å². The molecule has 0 aromatic rings. The zero-order valence-electron chi connectivity index (χ0n) is 11.8. The molecule has 0 radical (unpaired) electrons. The highest BCUT2D eigenvalue weighted by atomic mass is 16.2. The van der Waals surface area contributed by atoms with Crippen molar-refractivity contribution in [2.24, 2.45) is 5.73 Å². The molecule has 1 atom stereocenters. The molecule has 0 aliphatic rings. The van der Waals surface area contributed by atoms with Gasteiger partial charge in [0.25, 0.3) is 0 Å². The average molecular weight is 243 g/mol. The van der Waals surface area contributed by atoms with Crippen LogP contribution >= 0.6 is 0 Å². The van der Waals surface area contributed by atoms with Crippen molar-refractivity contribution in [3.63, 3.8) is 0 Å². The van der Waals surface area contributed by atoms with Gasteiger partial charge in [-0.2, -0.15) is 0 Å². The normalized spacial score (nSPS) is 13.1. The lowest BCUT2D eigenvalue weighted by Crippen LogP contribution is -2.40. The molecule has 0 heterocycles. The Balaban J connectivity index is 3.48. The predicted molar refractivity (Wildman–Crippen MR) is 72.9 cm³/mol. The van der Waals surface area contributed by atoms with Crippen LogP contribution in [0, 0.1) is 0 Å². The second kappa shape index (κ2) is 9.42. The van der Waals surface area contributed by atoms with Gasteiger partial charge in [0.2, 0.25) is 5.91 Å².